The second-order valence-electron chi connectivity index (χ2n) is 7.73. The van der Waals surface area contributed by atoms with Gasteiger partial charge in [-0.1, -0.05) is 25.0 Å². The first-order valence-corrected chi connectivity index (χ1v) is 10.0. The molecule has 5 rings (SSSR count). The first-order valence-electron chi connectivity index (χ1n) is 10.0. The van der Waals surface area contributed by atoms with Crippen LogP contribution in [-0.4, -0.2) is 39.3 Å². The minimum Gasteiger partial charge on any atom is -0.508 e. The average Bonchev–Trinajstić information content (AvgIpc) is 3.47. The SMILES string of the molecule is COc1ccc(-c2n[nH]c3c2C(c2ccc(O)cc2)N(C2CCCC2)C3=O)cc1. The van der Waals surface area contributed by atoms with E-state index < -0.39 is 0 Å². The van der Waals surface area contributed by atoms with Crippen LogP contribution >= 0.6 is 0 Å². The van der Waals surface area contributed by atoms with Gasteiger partial charge >= 0.3 is 0 Å². The predicted octanol–water partition coefficient (Wildman–Crippen LogP) is 4.28. The predicted molar refractivity (Wildman–Crippen MR) is 109 cm³/mol. The molecule has 2 aromatic carbocycles. The van der Waals surface area contributed by atoms with Crippen molar-refractivity contribution in [3.05, 3.63) is 65.4 Å². The lowest BCUT2D eigenvalue weighted by molar-refractivity contribution is 0.0660. The lowest BCUT2D eigenvalue weighted by atomic mass is 9.95. The highest BCUT2D eigenvalue weighted by molar-refractivity contribution is 6.00. The Morgan fingerprint density at radius 3 is 2.41 bits per heavy atom. The van der Waals surface area contributed by atoms with Crippen molar-refractivity contribution < 1.29 is 14.6 Å². The van der Waals surface area contributed by atoms with Gasteiger partial charge in [0.15, 0.2) is 0 Å². The van der Waals surface area contributed by atoms with Crippen LogP contribution in [0.25, 0.3) is 11.3 Å². The lowest BCUT2D eigenvalue weighted by Gasteiger charge is -2.31. The number of hydrogen-bond acceptors (Lipinski definition) is 4. The number of phenolic OH excluding ortho intramolecular Hbond substituents is 1. The van der Waals surface area contributed by atoms with Gasteiger partial charge in [-0.25, -0.2) is 0 Å². The van der Waals surface area contributed by atoms with Crippen LogP contribution in [0.1, 0.15) is 53.3 Å². The normalized spacial score (nSPS) is 19.0. The largest absolute Gasteiger partial charge is 0.508 e. The Morgan fingerprint density at radius 1 is 1.07 bits per heavy atom. The number of carbonyl (C=O) groups excluding carboxylic acids is 1. The molecule has 1 aliphatic heterocycles. The molecule has 1 atom stereocenters. The van der Waals surface area contributed by atoms with Crippen molar-refractivity contribution in [2.24, 2.45) is 0 Å². The molecule has 1 fully saturated rings. The Bertz CT molecular complexity index is 1030. The highest BCUT2D eigenvalue weighted by atomic mass is 16.5. The molecule has 29 heavy (non-hydrogen) atoms. The number of aromatic hydroxyl groups is 1. The standard InChI is InChI=1S/C23H23N3O3/c1-29-18-12-8-14(9-13-18)20-19-21(25-24-20)23(28)26(16-4-2-3-5-16)22(19)15-6-10-17(27)11-7-15/h6-13,16,22,27H,2-5H2,1H3,(H,24,25). The molecule has 0 saturated heterocycles. The minimum atomic E-state index is -0.211. The fraction of sp³-hybridized carbons (Fsp3) is 0.304. The molecule has 2 heterocycles. The van der Waals surface area contributed by atoms with Crippen molar-refractivity contribution in [1.82, 2.24) is 15.1 Å². The van der Waals surface area contributed by atoms with Crippen LogP contribution in [0.2, 0.25) is 0 Å². The topological polar surface area (TPSA) is 78.5 Å². The molecule has 3 aromatic rings. The van der Waals surface area contributed by atoms with Crippen LogP contribution in [0.15, 0.2) is 48.5 Å². The molecule has 148 valence electrons. The number of aromatic nitrogens is 2. The number of amides is 1. The molecule has 1 saturated carbocycles. The summed E-state index contributed by atoms with van der Waals surface area (Å²) in [5.41, 5.74) is 4.19. The zero-order valence-corrected chi connectivity index (χ0v) is 16.3. The molecule has 6 heteroatoms. The number of rotatable bonds is 4. The molecule has 2 N–H and O–H groups in total. The summed E-state index contributed by atoms with van der Waals surface area (Å²) in [5.74, 6) is 1.00. The first-order chi connectivity index (χ1) is 14.2. The monoisotopic (exact) mass is 389 g/mol. The maximum absolute atomic E-state index is 13.4. The molecular formula is C23H23N3O3. The van der Waals surface area contributed by atoms with E-state index in [9.17, 15) is 9.90 Å². The fourth-order valence-corrected chi connectivity index (χ4v) is 4.68. The third kappa shape index (κ3) is 2.87. The van der Waals surface area contributed by atoms with Crippen molar-refractivity contribution in [2.45, 2.75) is 37.8 Å². The van der Waals surface area contributed by atoms with Crippen LogP contribution in [0.5, 0.6) is 11.5 Å². The number of nitrogens with one attached hydrogen (secondary N) is 1. The Morgan fingerprint density at radius 2 is 1.76 bits per heavy atom. The first kappa shape index (κ1) is 17.8. The Balaban J connectivity index is 1.65. The van der Waals surface area contributed by atoms with Gasteiger partial charge in [0.1, 0.15) is 17.2 Å². The molecule has 2 aliphatic rings. The van der Waals surface area contributed by atoms with Gasteiger partial charge in [0.2, 0.25) is 0 Å². The summed E-state index contributed by atoms with van der Waals surface area (Å²) in [6, 6.07) is 14.9. The van der Waals surface area contributed by atoms with Gasteiger partial charge < -0.3 is 14.7 Å². The molecule has 6 nitrogen and oxygen atoms in total. The average molecular weight is 389 g/mol. The number of hydrogen-bond donors (Lipinski definition) is 2. The molecular weight excluding hydrogens is 366 g/mol. The van der Waals surface area contributed by atoms with Crippen molar-refractivity contribution in [2.75, 3.05) is 7.11 Å². The number of methoxy groups -OCH3 is 1. The number of carbonyl (C=O) groups is 1. The van der Waals surface area contributed by atoms with E-state index in [0.29, 0.717) is 5.69 Å². The Labute approximate surface area is 169 Å². The number of H-pyrrole nitrogens is 1. The molecule has 1 unspecified atom stereocenters. The molecule has 1 aliphatic carbocycles. The fourth-order valence-electron chi connectivity index (χ4n) is 4.68. The summed E-state index contributed by atoms with van der Waals surface area (Å²) in [6.07, 6.45) is 4.34. The van der Waals surface area contributed by atoms with E-state index in [4.69, 9.17) is 4.74 Å². The van der Waals surface area contributed by atoms with Gasteiger partial charge in [-0.2, -0.15) is 5.10 Å². The molecule has 0 bridgehead atoms. The molecule has 1 aromatic heterocycles. The Hall–Kier alpha value is -3.28. The van der Waals surface area contributed by atoms with Crippen molar-refractivity contribution in [3.8, 4) is 22.8 Å². The second kappa shape index (κ2) is 6.95. The number of benzene rings is 2. The smallest absolute Gasteiger partial charge is 0.273 e. The number of fused-ring (bicyclic) bond motifs is 1. The zero-order valence-electron chi connectivity index (χ0n) is 16.3. The summed E-state index contributed by atoms with van der Waals surface area (Å²) in [6.45, 7) is 0. The molecule has 1 amide bonds. The summed E-state index contributed by atoms with van der Waals surface area (Å²) in [7, 11) is 1.64. The Kier molecular flexibility index (Phi) is 4.27. The van der Waals surface area contributed by atoms with E-state index in [1.165, 1.54) is 0 Å². The number of phenols is 1. The van der Waals surface area contributed by atoms with Gasteiger partial charge in [-0.3, -0.25) is 9.89 Å². The van der Waals surface area contributed by atoms with Crippen LogP contribution < -0.4 is 4.74 Å². The molecule has 0 spiro atoms. The van der Waals surface area contributed by atoms with Crippen LogP contribution in [0, 0.1) is 0 Å². The second-order valence-corrected chi connectivity index (χ2v) is 7.73. The van der Waals surface area contributed by atoms with Gasteiger partial charge in [0, 0.05) is 17.2 Å². The maximum Gasteiger partial charge on any atom is 0.273 e. The summed E-state index contributed by atoms with van der Waals surface area (Å²) >= 11 is 0. The van der Waals surface area contributed by atoms with E-state index in [1.54, 1.807) is 19.2 Å². The molecule has 0 radical (unpaired) electrons. The zero-order chi connectivity index (χ0) is 20.0. The van der Waals surface area contributed by atoms with Crippen molar-refractivity contribution >= 4 is 5.91 Å². The maximum atomic E-state index is 13.4. The number of aromatic amines is 1. The third-order valence-corrected chi connectivity index (χ3v) is 6.09. The summed E-state index contributed by atoms with van der Waals surface area (Å²) in [5, 5.41) is 17.3. The number of ether oxygens (including phenoxy) is 1. The van der Waals surface area contributed by atoms with Gasteiger partial charge in [0.05, 0.1) is 18.8 Å². The van der Waals surface area contributed by atoms with Gasteiger partial charge in [-0.05, 0) is 54.8 Å². The minimum absolute atomic E-state index is 0.0113. The van der Waals surface area contributed by atoms with E-state index in [1.807, 2.05) is 41.3 Å². The van der Waals surface area contributed by atoms with Gasteiger partial charge in [0.25, 0.3) is 5.91 Å². The van der Waals surface area contributed by atoms with Crippen LogP contribution in [0.4, 0.5) is 0 Å². The highest BCUT2D eigenvalue weighted by Crippen LogP contribution is 2.46. The van der Waals surface area contributed by atoms with E-state index in [-0.39, 0.29) is 23.7 Å². The van der Waals surface area contributed by atoms with E-state index in [0.717, 1.165) is 53.8 Å². The summed E-state index contributed by atoms with van der Waals surface area (Å²) in [4.78, 5) is 15.4. The van der Waals surface area contributed by atoms with E-state index >= 15 is 0 Å². The number of nitrogens with zero attached hydrogens (tertiary/aromatic N) is 2. The highest BCUT2D eigenvalue weighted by Gasteiger charge is 2.45. The van der Waals surface area contributed by atoms with Crippen molar-refractivity contribution in [3.63, 3.8) is 0 Å². The third-order valence-electron chi connectivity index (χ3n) is 6.09. The van der Waals surface area contributed by atoms with Gasteiger partial charge in [-0.15, -0.1) is 0 Å². The van der Waals surface area contributed by atoms with Crippen LogP contribution in [-0.2, 0) is 0 Å². The van der Waals surface area contributed by atoms with Crippen LogP contribution in [0.3, 0.4) is 0 Å². The van der Waals surface area contributed by atoms with E-state index in [2.05, 4.69) is 10.2 Å². The lowest BCUT2D eigenvalue weighted by Crippen LogP contribution is -2.37. The van der Waals surface area contributed by atoms with Crippen molar-refractivity contribution in [1.29, 1.82) is 0 Å². The summed E-state index contributed by atoms with van der Waals surface area (Å²) < 4.78 is 5.27. The quantitative estimate of drug-likeness (QED) is 0.698.